The van der Waals surface area contributed by atoms with Gasteiger partial charge in [0.15, 0.2) is 0 Å². The van der Waals surface area contributed by atoms with Crippen molar-refractivity contribution in [1.82, 2.24) is 9.35 Å². The Morgan fingerprint density at radius 3 is 1.50 bits per heavy atom. The lowest BCUT2D eigenvalue weighted by Gasteiger charge is -1.97. The summed E-state index contributed by atoms with van der Waals surface area (Å²) in [7, 11) is 0. The number of para-hydroxylation sites is 2. The fourth-order valence-electron chi connectivity index (χ4n) is 2.38. The smallest absolute Gasteiger partial charge is 0.0736 e. The van der Waals surface area contributed by atoms with Gasteiger partial charge in [-0.3, -0.25) is 0 Å². The normalized spacial score (nSPS) is 11.8. The highest BCUT2D eigenvalue weighted by molar-refractivity contribution is 5.80. The van der Waals surface area contributed by atoms with E-state index in [2.05, 4.69) is 22.6 Å². The van der Waals surface area contributed by atoms with Crippen LogP contribution in [-0.4, -0.2) is 9.35 Å². The van der Waals surface area contributed by atoms with E-state index in [0.29, 0.717) is 0 Å². The molecule has 0 radical (unpaired) electrons. The Hall–Kier alpha value is -2.88. The van der Waals surface area contributed by atoms with Crippen molar-refractivity contribution in [3.63, 3.8) is 0 Å². The van der Waals surface area contributed by atoms with Gasteiger partial charge in [-0.15, -0.1) is 0 Å². The second kappa shape index (κ2) is 4.35. The van der Waals surface area contributed by atoms with Gasteiger partial charge in [0.1, 0.15) is 0 Å². The number of hydrogen-bond donors (Lipinski definition) is 0. The Labute approximate surface area is 115 Å². The summed E-state index contributed by atoms with van der Waals surface area (Å²) in [5.41, 5.74) is 2.10. The van der Waals surface area contributed by atoms with Crippen LogP contribution in [0.4, 0.5) is 0 Å². The first-order valence-electron chi connectivity index (χ1n) is 6.46. The Morgan fingerprint density at radius 1 is 0.550 bits per heavy atom. The number of nitrogens with zero attached hydrogens (tertiary/aromatic N) is 4. The first-order chi connectivity index (χ1) is 9.92. The highest BCUT2D eigenvalue weighted by atomic mass is 15.6. The van der Waals surface area contributed by atoms with E-state index >= 15 is 0 Å². The van der Waals surface area contributed by atoms with Crippen molar-refractivity contribution in [2.45, 2.75) is 0 Å². The van der Waals surface area contributed by atoms with E-state index in [0.717, 1.165) is 21.8 Å². The maximum absolute atomic E-state index is 4.29. The monoisotopic (exact) mass is 260 g/mol. The summed E-state index contributed by atoms with van der Waals surface area (Å²) in [5.74, 6) is 0. The molecule has 0 aliphatic carbocycles. The predicted octanol–water partition coefficient (Wildman–Crippen LogP) is 4.27. The number of benzene rings is 2. The molecule has 0 aliphatic heterocycles. The maximum atomic E-state index is 4.29. The first-order valence-corrected chi connectivity index (χ1v) is 6.46. The Morgan fingerprint density at radius 2 is 1.00 bits per heavy atom. The second-order valence-electron chi connectivity index (χ2n) is 4.62. The lowest BCUT2D eigenvalue weighted by atomic mass is 10.3. The third-order valence-electron chi connectivity index (χ3n) is 3.39. The van der Waals surface area contributed by atoms with Crippen LogP contribution in [0.25, 0.3) is 21.8 Å². The van der Waals surface area contributed by atoms with Crippen molar-refractivity contribution in [3.8, 4) is 0 Å². The van der Waals surface area contributed by atoms with Crippen molar-refractivity contribution in [2.24, 2.45) is 10.4 Å². The molecule has 4 nitrogen and oxygen atoms in total. The largest absolute Gasteiger partial charge is 0.220 e. The maximum Gasteiger partial charge on any atom is 0.0736 e. The summed E-state index contributed by atoms with van der Waals surface area (Å²) in [6.07, 6.45) is 3.83. The van der Waals surface area contributed by atoms with Crippen molar-refractivity contribution < 1.29 is 0 Å². The highest BCUT2D eigenvalue weighted by Gasteiger charge is 2.00. The van der Waals surface area contributed by atoms with Crippen molar-refractivity contribution in [3.05, 3.63) is 73.1 Å². The summed E-state index contributed by atoms with van der Waals surface area (Å²) in [4.78, 5) is 0. The van der Waals surface area contributed by atoms with Gasteiger partial charge in [0.05, 0.1) is 11.0 Å². The summed E-state index contributed by atoms with van der Waals surface area (Å²) in [5, 5.41) is 10.9. The zero-order valence-electron chi connectivity index (χ0n) is 10.7. The van der Waals surface area contributed by atoms with E-state index in [4.69, 9.17) is 0 Å². The van der Waals surface area contributed by atoms with Gasteiger partial charge >= 0.3 is 0 Å². The molecule has 2 aromatic heterocycles. The van der Waals surface area contributed by atoms with Crippen LogP contribution in [0.5, 0.6) is 0 Å². The molecule has 0 amide bonds. The molecule has 0 N–H and O–H groups in total. The number of fused-ring (bicyclic) bond motifs is 2. The zero-order valence-corrected chi connectivity index (χ0v) is 10.7. The van der Waals surface area contributed by atoms with Crippen LogP contribution >= 0.6 is 0 Å². The minimum absolute atomic E-state index is 1.05. The highest BCUT2D eigenvalue weighted by Crippen LogP contribution is 2.17. The topological polar surface area (TPSA) is 34.6 Å². The van der Waals surface area contributed by atoms with Crippen LogP contribution < -0.4 is 0 Å². The molecular formula is C16H12N4. The summed E-state index contributed by atoms with van der Waals surface area (Å²) < 4.78 is 3.56. The third kappa shape index (κ3) is 1.70. The quantitative estimate of drug-likeness (QED) is 0.482. The van der Waals surface area contributed by atoms with Gasteiger partial charge in [0.2, 0.25) is 0 Å². The van der Waals surface area contributed by atoms with Gasteiger partial charge < -0.3 is 0 Å². The molecule has 20 heavy (non-hydrogen) atoms. The lowest BCUT2D eigenvalue weighted by Crippen LogP contribution is -1.88. The molecule has 0 aliphatic rings. The summed E-state index contributed by atoms with van der Waals surface area (Å²) in [6.45, 7) is 0. The van der Waals surface area contributed by atoms with E-state index in [1.54, 1.807) is 9.35 Å². The van der Waals surface area contributed by atoms with E-state index in [9.17, 15) is 0 Å². The Bertz CT molecular complexity index is 838. The van der Waals surface area contributed by atoms with Crippen LogP contribution in [0.3, 0.4) is 0 Å². The first kappa shape index (κ1) is 11.0. The molecule has 96 valence electrons. The Balaban J connectivity index is 1.78. The zero-order chi connectivity index (χ0) is 13.4. The Kier molecular flexibility index (Phi) is 2.39. The van der Waals surface area contributed by atoms with Gasteiger partial charge in [-0.05, 0) is 34.7 Å². The summed E-state index contributed by atoms with van der Waals surface area (Å²) >= 11 is 0. The average Bonchev–Trinajstić information content (AvgIpc) is 3.09. The van der Waals surface area contributed by atoms with E-state index < -0.39 is 0 Å². The van der Waals surface area contributed by atoms with Gasteiger partial charge in [0.25, 0.3) is 0 Å². The molecular weight excluding hydrogens is 248 g/mol. The molecule has 0 unspecified atom stereocenters. The molecule has 0 fully saturated rings. The second-order valence-corrected chi connectivity index (χ2v) is 4.62. The molecule has 2 aromatic carbocycles. The minimum Gasteiger partial charge on any atom is -0.220 e. The fraction of sp³-hybridized carbons (Fsp3) is 0. The van der Waals surface area contributed by atoms with Crippen molar-refractivity contribution in [2.75, 3.05) is 0 Å². The van der Waals surface area contributed by atoms with Gasteiger partial charge in [-0.2, -0.15) is 0 Å². The van der Waals surface area contributed by atoms with Gasteiger partial charge in [0, 0.05) is 23.2 Å². The minimum atomic E-state index is 1.05. The predicted molar refractivity (Wildman–Crippen MR) is 79.5 cm³/mol. The molecule has 0 spiro atoms. The molecule has 0 bridgehead atoms. The molecule has 0 atom stereocenters. The van der Waals surface area contributed by atoms with E-state index in [-0.39, 0.29) is 0 Å². The van der Waals surface area contributed by atoms with Crippen LogP contribution in [0.15, 0.2) is 83.5 Å². The van der Waals surface area contributed by atoms with E-state index in [1.165, 1.54) is 0 Å². The SMILES string of the molecule is c1ccc2c(c1)ccn2N=Nn1ccc2ccccc21. The third-order valence-corrected chi connectivity index (χ3v) is 3.39. The fourth-order valence-corrected chi connectivity index (χ4v) is 2.38. The molecule has 4 heteroatoms. The van der Waals surface area contributed by atoms with Crippen LogP contribution in [0.2, 0.25) is 0 Å². The van der Waals surface area contributed by atoms with Crippen molar-refractivity contribution >= 4 is 21.8 Å². The average molecular weight is 260 g/mol. The number of rotatable bonds is 2. The lowest BCUT2D eigenvalue weighted by molar-refractivity contribution is 0.720. The van der Waals surface area contributed by atoms with Crippen LogP contribution in [0.1, 0.15) is 0 Å². The van der Waals surface area contributed by atoms with Gasteiger partial charge in [-0.1, -0.05) is 36.4 Å². The molecule has 4 aromatic rings. The molecule has 2 heterocycles. The van der Waals surface area contributed by atoms with Gasteiger partial charge in [-0.25, -0.2) is 9.35 Å². The van der Waals surface area contributed by atoms with Crippen molar-refractivity contribution in [1.29, 1.82) is 0 Å². The standard InChI is InChI=1S/C16H12N4/c1-3-7-15-13(5-1)9-11-19(15)17-18-20-12-10-14-6-2-4-8-16(14)20/h1-12H. The molecule has 0 saturated heterocycles. The van der Waals surface area contributed by atoms with Crippen LogP contribution in [-0.2, 0) is 0 Å². The molecule has 0 saturated carbocycles. The van der Waals surface area contributed by atoms with E-state index in [1.807, 2.05) is 60.9 Å². The number of hydrogen-bond acceptors (Lipinski definition) is 2. The van der Waals surface area contributed by atoms with Crippen LogP contribution in [0, 0.1) is 0 Å². The number of aromatic nitrogens is 2. The summed E-state index contributed by atoms with van der Waals surface area (Å²) in [6, 6.07) is 20.3. The molecule has 4 rings (SSSR count).